The van der Waals surface area contributed by atoms with Gasteiger partial charge >= 0.3 is 0 Å². The van der Waals surface area contributed by atoms with E-state index in [1.807, 2.05) is 50.2 Å². The third-order valence-electron chi connectivity index (χ3n) is 4.92. The van der Waals surface area contributed by atoms with Crippen LogP contribution >= 0.6 is 0 Å². The van der Waals surface area contributed by atoms with Crippen molar-refractivity contribution in [2.24, 2.45) is 0 Å². The fourth-order valence-corrected chi connectivity index (χ4v) is 3.73. The maximum Gasteiger partial charge on any atom is 0.235 e. The van der Waals surface area contributed by atoms with Gasteiger partial charge in [-0.15, -0.1) is 0 Å². The van der Waals surface area contributed by atoms with E-state index in [0.717, 1.165) is 22.9 Å². The van der Waals surface area contributed by atoms with Gasteiger partial charge in [0.05, 0.1) is 18.8 Å². The van der Waals surface area contributed by atoms with Gasteiger partial charge in [0.25, 0.3) is 0 Å². The van der Waals surface area contributed by atoms with E-state index < -0.39 is 10.0 Å². The van der Waals surface area contributed by atoms with E-state index in [9.17, 15) is 13.2 Å². The minimum absolute atomic E-state index is 0.0664. The normalized spacial score (nSPS) is 13.3. The van der Waals surface area contributed by atoms with Crippen LogP contribution in [0, 0.1) is 6.92 Å². The molecule has 0 aromatic heterocycles. The number of carbonyl (C=O) groups is 1. The number of aryl methyl sites for hydroxylation is 1. The number of hydrogen-bond donors (Lipinski definition) is 1. The van der Waals surface area contributed by atoms with Crippen molar-refractivity contribution in [3.63, 3.8) is 0 Å². The Balaban J connectivity index is 2.04. The van der Waals surface area contributed by atoms with Crippen LogP contribution in [-0.2, 0) is 26.8 Å². The van der Waals surface area contributed by atoms with E-state index in [1.165, 1.54) is 9.87 Å². The molecule has 1 atom stereocenters. The van der Waals surface area contributed by atoms with E-state index in [1.54, 1.807) is 0 Å². The van der Waals surface area contributed by atoms with Crippen molar-refractivity contribution in [3.8, 4) is 0 Å². The van der Waals surface area contributed by atoms with Gasteiger partial charge in [0.2, 0.25) is 15.9 Å². The van der Waals surface area contributed by atoms with E-state index >= 15 is 0 Å². The maximum absolute atomic E-state index is 12.5. The van der Waals surface area contributed by atoms with Gasteiger partial charge < -0.3 is 5.32 Å². The average molecular weight is 417 g/mol. The maximum atomic E-state index is 12.5. The molecule has 0 bridgehead atoms. The van der Waals surface area contributed by atoms with Crippen molar-refractivity contribution in [3.05, 3.63) is 70.8 Å². The Morgan fingerprint density at radius 1 is 1.03 bits per heavy atom. The molecule has 0 fully saturated rings. The lowest BCUT2D eigenvalue weighted by atomic mass is 9.86. The molecule has 0 saturated heterocycles. The summed E-state index contributed by atoms with van der Waals surface area (Å²) in [5.74, 6) is -0.324. The third kappa shape index (κ3) is 6.98. The summed E-state index contributed by atoms with van der Waals surface area (Å²) in [6.45, 7) is 10.3. The van der Waals surface area contributed by atoms with Crippen molar-refractivity contribution in [2.45, 2.75) is 52.6 Å². The zero-order chi connectivity index (χ0) is 21.8. The summed E-state index contributed by atoms with van der Waals surface area (Å²) in [6, 6.07) is 15.6. The molecule has 0 aliphatic rings. The lowest BCUT2D eigenvalue weighted by molar-refractivity contribution is -0.122. The first-order valence-electron chi connectivity index (χ1n) is 9.77. The van der Waals surface area contributed by atoms with Gasteiger partial charge in [-0.25, -0.2) is 8.42 Å². The van der Waals surface area contributed by atoms with Crippen LogP contribution < -0.4 is 5.32 Å². The molecular formula is C23H32N2O3S. The second-order valence-electron chi connectivity index (χ2n) is 8.68. The average Bonchev–Trinajstić information content (AvgIpc) is 2.61. The van der Waals surface area contributed by atoms with Crippen LogP contribution in [-0.4, -0.2) is 31.4 Å². The zero-order valence-corrected chi connectivity index (χ0v) is 19.0. The van der Waals surface area contributed by atoms with Crippen LogP contribution in [0.1, 0.15) is 56.0 Å². The van der Waals surface area contributed by atoms with Crippen molar-refractivity contribution in [1.29, 1.82) is 0 Å². The first-order chi connectivity index (χ1) is 13.4. The fraction of sp³-hybridized carbons (Fsp3) is 0.435. The summed E-state index contributed by atoms with van der Waals surface area (Å²) in [6.07, 6.45) is 1.13. The molecule has 0 unspecified atom stereocenters. The molecule has 1 N–H and O–H groups in total. The lowest BCUT2D eigenvalue weighted by Gasteiger charge is -2.22. The molecule has 0 radical (unpaired) electrons. The Morgan fingerprint density at radius 2 is 1.59 bits per heavy atom. The summed E-state index contributed by atoms with van der Waals surface area (Å²) < 4.78 is 25.5. The number of sulfonamides is 1. The molecule has 0 aliphatic carbocycles. The number of nitrogens with one attached hydrogen (secondary N) is 1. The lowest BCUT2D eigenvalue weighted by Crippen LogP contribution is -2.40. The SMILES string of the molecule is Cc1ccc(CN(CC(=O)N[C@H](C)c2ccc(C(C)(C)C)cc2)S(C)(=O)=O)cc1. The second kappa shape index (κ2) is 9.09. The number of amides is 1. The highest BCUT2D eigenvalue weighted by molar-refractivity contribution is 7.88. The third-order valence-corrected chi connectivity index (χ3v) is 6.12. The van der Waals surface area contributed by atoms with E-state index in [4.69, 9.17) is 0 Å². The molecule has 6 heteroatoms. The Kier molecular flexibility index (Phi) is 7.25. The van der Waals surface area contributed by atoms with Gasteiger partial charge in [-0.2, -0.15) is 4.31 Å². The first kappa shape index (κ1) is 23.1. The van der Waals surface area contributed by atoms with Gasteiger partial charge in [-0.3, -0.25) is 4.79 Å². The smallest absolute Gasteiger partial charge is 0.235 e. The van der Waals surface area contributed by atoms with Crippen molar-refractivity contribution in [2.75, 3.05) is 12.8 Å². The summed E-state index contributed by atoms with van der Waals surface area (Å²) in [4.78, 5) is 12.5. The van der Waals surface area contributed by atoms with Gasteiger partial charge in [0.1, 0.15) is 0 Å². The number of rotatable bonds is 7. The van der Waals surface area contributed by atoms with Crippen LogP contribution in [0.2, 0.25) is 0 Å². The van der Waals surface area contributed by atoms with Gasteiger partial charge in [-0.1, -0.05) is 74.9 Å². The van der Waals surface area contributed by atoms with Crippen LogP contribution in [0.5, 0.6) is 0 Å². The number of hydrogen-bond acceptors (Lipinski definition) is 3. The van der Waals surface area contributed by atoms with E-state index in [-0.39, 0.29) is 30.5 Å². The minimum Gasteiger partial charge on any atom is -0.348 e. The Hall–Kier alpha value is -2.18. The Morgan fingerprint density at radius 3 is 2.07 bits per heavy atom. The first-order valence-corrected chi connectivity index (χ1v) is 11.6. The second-order valence-corrected chi connectivity index (χ2v) is 10.7. The van der Waals surface area contributed by atoms with Crippen molar-refractivity contribution in [1.82, 2.24) is 9.62 Å². The molecule has 0 saturated carbocycles. The predicted octanol–water partition coefficient (Wildman–Crippen LogP) is 3.93. The highest BCUT2D eigenvalue weighted by Gasteiger charge is 2.22. The number of benzene rings is 2. The minimum atomic E-state index is -3.52. The molecular weight excluding hydrogens is 384 g/mol. The van der Waals surface area contributed by atoms with Gasteiger partial charge in [0.15, 0.2) is 0 Å². The predicted molar refractivity (Wildman–Crippen MR) is 118 cm³/mol. The molecule has 0 aliphatic heterocycles. The summed E-state index contributed by atoms with van der Waals surface area (Å²) >= 11 is 0. The molecule has 2 aromatic rings. The fourth-order valence-electron chi connectivity index (χ4n) is 2.99. The van der Waals surface area contributed by atoms with E-state index in [0.29, 0.717) is 0 Å². The van der Waals surface area contributed by atoms with Crippen LogP contribution in [0.3, 0.4) is 0 Å². The highest BCUT2D eigenvalue weighted by Crippen LogP contribution is 2.24. The highest BCUT2D eigenvalue weighted by atomic mass is 32.2. The van der Waals surface area contributed by atoms with Crippen molar-refractivity contribution >= 4 is 15.9 Å². The van der Waals surface area contributed by atoms with Gasteiger partial charge in [0, 0.05) is 6.54 Å². The molecule has 1 amide bonds. The van der Waals surface area contributed by atoms with Crippen molar-refractivity contribution < 1.29 is 13.2 Å². The summed E-state index contributed by atoms with van der Waals surface area (Å²) in [7, 11) is -3.52. The molecule has 158 valence electrons. The molecule has 29 heavy (non-hydrogen) atoms. The zero-order valence-electron chi connectivity index (χ0n) is 18.2. The Labute approximate surface area is 175 Å². The van der Waals surface area contributed by atoms with E-state index in [2.05, 4.69) is 38.2 Å². The number of carbonyl (C=O) groups excluding carboxylic acids is 1. The topological polar surface area (TPSA) is 66.5 Å². The summed E-state index contributed by atoms with van der Waals surface area (Å²) in [5, 5.41) is 2.91. The summed E-state index contributed by atoms with van der Waals surface area (Å²) in [5.41, 5.74) is 4.22. The molecule has 0 heterocycles. The van der Waals surface area contributed by atoms with Gasteiger partial charge in [-0.05, 0) is 36.0 Å². The quantitative estimate of drug-likeness (QED) is 0.744. The van der Waals surface area contributed by atoms with Crippen LogP contribution in [0.15, 0.2) is 48.5 Å². The molecule has 5 nitrogen and oxygen atoms in total. The molecule has 2 aromatic carbocycles. The molecule has 2 rings (SSSR count). The number of nitrogens with zero attached hydrogens (tertiary/aromatic N) is 1. The van der Waals surface area contributed by atoms with Crippen LogP contribution in [0.25, 0.3) is 0 Å². The largest absolute Gasteiger partial charge is 0.348 e. The molecule has 0 spiro atoms. The Bertz CT molecular complexity index is 928. The van der Waals surface area contributed by atoms with Crippen LogP contribution in [0.4, 0.5) is 0 Å². The monoisotopic (exact) mass is 416 g/mol. The standard InChI is InChI=1S/C23H32N2O3S/c1-17-7-9-19(10-8-17)15-25(29(6,27)28)16-22(26)24-18(2)20-11-13-21(14-12-20)23(3,4)5/h7-14,18H,15-16H2,1-6H3,(H,24,26)/t18-/m1/s1.